The highest BCUT2D eigenvalue weighted by molar-refractivity contribution is 7.18. The van der Waals surface area contributed by atoms with Gasteiger partial charge >= 0.3 is 5.97 Å². The van der Waals surface area contributed by atoms with Crippen LogP contribution in [-0.2, 0) is 11.3 Å². The number of hydrogen-bond donors (Lipinski definition) is 1. The fraction of sp³-hybridized carbons (Fsp3) is 0.227. The maximum Gasteiger partial charge on any atom is 0.349 e. The van der Waals surface area contributed by atoms with Gasteiger partial charge in [-0.15, -0.1) is 17.9 Å². The van der Waals surface area contributed by atoms with Crippen molar-refractivity contribution < 1.29 is 23.5 Å². The molecular weight excluding hydrogens is 404 g/mol. The Morgan fingerprint density at radius 2 is 2.03 bits per heavy atom. The molecule has 1 N–H and O–H groups in total. The number of carbonyl (C=O) groups excluding carboxylic acids is 3. The summed E-state index contributed by atoms with van der Waals surface area (Å²) in [5.41, 5.74) is 2.92. The van der Waals surface area contributed by atoms with Crippen LogP contribution < -0.4 is 5.32 Å². The second-order valence-corrected chi connectivity index (χ2v) is 7.79. The first-order valence-corrected chi connectivity index (χ1v) is 10.1. The molecule has 3 heterocycles. The van der Waals surface area contributed by atoms with Crippen LogP contribution in [0.2, 0.25) is 0 Å². The highest BCUT2D eigenvalue weighted by Crippen LogP contribution is 2.28. The third kappa shape index (κ3) is 4.44. The molecule has 8 heteroatoms. The number of amides is 1. The van der Waals surface area contributed by atoms with Gasteiger partial charge in [0.05, 0.1) is 11.3 Å². The first-order valence-electron chi connectivity index (χ1n) is 9.25. The number of thiophene rings is 1. The number of esters is 1. The summed E-state index contributed by atoms with van der Waals surface area (Å²) < 4.78 is 12.3. The summed E-state index contributed by atoms with van der Waals surface area (Å²) >= 11 is 1.08. The van der Waals surface area contributed by atoms with E-state index in [-0.39, 0.29) is 18.2 Å². The molecule has 0 aliphatic rings. The normalized spacial score (nSPS) is 10.6. The van der Waals surface area contributed by atoms with Crippen LogP contribution in [0, 0.1) is 20.8 Å². The molecule has 0 unspecified atom stereocenters. The molecule has 156 valence electrons. The highest BCUT2D eigenvalue weighted by Gasteiger charge is 2.21. The number of allylic oxidation sites excluding steroid dienone is 1. The Balaban J connectivity index is 1.64. The van der Waals surface area contributed by atoms with E-state index in [9.17, 15) is 14.4 Å². The Labute approximate surface area is 178 Å². The molecule has 0 radical (unpaired) electrons. The molecule has 3 aromatic rings. The Morgan fingerprint density at radius 1 is 1.27 bits per heavy atom. The number of aryl methyl sites for hydroxylation is 2. The minimum absolute atomic E-state index is 0.171. The van der Waals surface area contributed by atoms with Crippen molar-refractivity contribution in [1.29, 1.82) is 0 Å². The van der Waals surface area contributed by atoms with E-state index in [2.05, 4.69) is 11.9 Å². The van der Waals surface area contributed by atoms with Gasteiger partial charge in [-0.2, -0.15) is 0 Å². The summed E-state index contributed by atoms with van der Waals surface area (Å²) in [5.74, 6) is -1.12. The van der Waals surface area contributed by atoms with E-state index in [0.717, 1.165) is 22.7 Å². The van der Waals surface area contributed by atoms with Gasteiger partial charge in [-0.1, -0.05) is 6.08 Å². The number of carbonyl (C=O) groups is 3. The third-order valence-corrected chi connectivity index (χ3v) is 5.74. The Bertz CT molecular complexity index is 1110. The van der Waals surface area contributed by atoms with Crippen LogP contribution in [0.5, 0.6) is 0 Å². The number of nitrogens with zero attached hydrogens (tertiary/aromatic N) is 1. The predicted octanol–water partition coefficient (Wildman–Crippen LogP) is 4.55. The van der Waals surface area contributed by atoms with Crippen molar-refractivity contribution in [2.24, 2.45) is 0 Å². The van der Waals surface area contributed by atoms with E-state index in [1.54, 1.807) is 37.3 Å². The highest BCUT2D eigenvalue weighted by atomic mass is 32.1. The molecule has 0 atom stereocenters. The van der Waals surface area contributed by atoms with Gasteiger partial charge < -0.3 is 19.0 Å². The number of rotatable bonds is 8. The predicted molar refractivity (Wildman–Crippen MR) is 114 cm³/mol. The zero-order valence-corrected chi connectivity index (χ0v) is 17.8. The quantitative estimate of drug-likeness (QED) is 0.324. The minimum atomic E-state index is -0.607. The second kappa shape index (κ2) is 8.96. The molecule has 0 aliphatic heterocycles. The molecule has 0 saturated carbocycles. The molecule has 0 saturated heterocycles. The lowest BCUT2D eigenvalue weighted by Gasteiger charge is -2.07. The fourth-order valence-electron chi connectivity index (χ4n) is 3.10. The van der Waals surface area contributed by atoms with Gasteiger partial charge in [0.1, 0.15) is 4.88 Å². The van der Waals surface area contributed by atoms with Gasteiger partial charge in [0.15, 0.2) is 12.4 Å². The van der Waals surface area contributed by atoms with Crippen LogP contribution in [0.3, 0.4) is 0 Å². The fourth-order valence-corrected chi connectivity index (χ4v) is 4.06. The van der Waals surface area contributed by atoms with Gasteiger partial charge in [-0.05, 0) is 50.6 Å². The van der Waals surface area contributed by atoms with Crippen LogP contribution in [0.15, 0.2) is 47.6 Å². The summed E-state index contributed by atoms with van der Waals surface area (Å²) in [6, 6.07) is 6.62. The first-order chi connectivity index (χ1) is 14.3. The number of ether oxygens (including phenoxy) is 1. The number of ketones is 1. The van der Waals surface area contributed by atoms with Crippen molar-refractivity contribution in [2.45, 2.75) is 27.3 Å². The molecule has 0 fully saturated rings. The van der Waals surface area contributed by atoms with Gasteiger partial charge in [-0.3, -0.25) is 9.59 Å². The number of anilines is 1. The Morgan fingerprint density at radius 3 is 2.70 bits per heavy atom. The van der Waals surface area contributed by atoms with Crippen molar-refractivity contribution >= 4 is 34.0 Å². The van der Waals surface area contributed by atoms with E-state index in [1.807, 2.05) is 18.4 Å². The summed E-state index contributed by atoms with van der Waals surface area (Å²) in [6.45, 7) is 9.46. The van der Waals surface area contributed by atoms with Crippen molar-refractivity contribution in [3.05, 3.63) is 76.3 Å². The zero-order valence-electron chi connectivity index (χ0n) is 17.0. The van der Waals surface area contributed by atoms with E-state index in [4.69, 9.17) is 9.15 Å². The molecule has 3 rings (SSSR count). The van der Waals surface area contributed by atoms with Gasteiger partial charge in [0.25, 0.3) is 5.91 Å². The number of furan rings is 1. The van der Waals surface area contributed by atoms with Gasteiger partial charge in [-0.25, -0.2) is 4.79 Å². The largest absolute Gasteiger partial charge is 0.459 e. The SMILES string of the molecule is C=CCn1c(C)cc(C(=O)COC(=O)c2sc(NC(=O)c3ccco3)cc2C)c1C. The summed E-state index contributed by atoms with van der Waals surface area (Å²) in [6.07, 6.45) is 3.17. The molecule has 7 nitrogen and oxygen atoms in total. The molecule has 0 aliphatic carbocycles. The lowest BCUT2D eigenvalue weighted by atomic mass is 10.1. The second-order valence-electron chi connectivity index (χ2n) is 6.74. The molecular formula is C22H22N2O5S. The molecule has 0 spiro atoms. The summed E-state index contributed by atoms with van der Waals surface area (Å²) in [5, 5.41) is 3.17. The van der Waals surface area contributed by atoms with E-state index >= 15 is 0 Å². The number of aromatic nitrogens is 1. The molecule has 1 amide bonds. The maximum absolute atomic E-state index is 12.6. The molecule has 30 heavy (non-hydrogen) atoms. The number of hydrogen-bond acceptors (Lipinski definition) is 6. The van der Waals surface area contributed by atoms with Gasteiger partial charge in [0, 0.05) is 23.5 Å². The van der Waals surface area contributed by atoms with Crippen molar-refractivity contribution in [3.63, 3.8) is 0 Å². The zero-order chi connectivity index (χ0) is 21.8. The third-order valence-electron chi connectivity index (χ3n) is 4.60. The van der Waals surface area contributed by atoms with Crippen molar-refractivity contribution in [3.8, 4) is 0 Å². The van der Waals surface area contributed by atoms with Crippen molar-refractivity contribution in [2.75, 3.05) is 11.9 Å². The lowest BCUT2D eigenvalue weighted by molar-refractivity contribution is 0.0478. The monoisotopic (exact) mass is 426 g/mol. The molecule has 0 aromatic carbocycles. The maximum atomic E-state index is 12.6. The topological polar surface area (TPSA) is 90.5 Å². The average molecular weight is 426 g/mol. The van der Waals surface area contributed by atoms with E-state index in [0.29, 0.717) is 27.5 Å². The lowest BCUT2D eigenvalue weighted by Crippen LogP contribution is -2.15. The van der Waals surface area contributed by atoms with Crippen molar-refractivity contribution in [1.82, 2.24) is 4.57 Å². The van der Waals surface area contributed by atoms with Crippen LogP contribution in [0.4, 0.5) is 5.00 Å². The van der Waals surface area contributed by atoms with Crippen LogP contribution in [-0.4, -0.2) is 28.8 Å². The van der Waals surface area contributed by atoms with Crippen LogP contribution >= 0.6 is 11.3 Å². The van der Waals surface area contributed by atoms with Gasteiger partial charge in [0.2, 0.25) is 5.78 Å². The molecule has 3 aromatic heterocycles. The number of Topliss-reactive ketones (excluding diaryl/α,β-unsaturated/α-hetero) is 1. The summed E-state index contributed by atoms with van der Waals surface area (Å²) in [7, 11) is 0. The van der Waals surface area contributed by atoms with E-state index < -0.39 is 11.9 Å². The average Bonchev–Trinajstić information content (AvgIpc) is 3.42. The smallest absolute Gasteiger partial charge is 0.349 e. The van der Waals surface area contributed by atoms with E-state index in [1.165, 1.54) is 6.26 Å². The Kier molecular flexibility index (Phi) is 6.37. The number of nitrogens with one attached hydrogen (secondary N) is 1. The minimum Gasteiger partial charge on any atom is -0.459 e. The molecule has 0 bridgehead atoms. The first kappa shape index (κ1) is 21.3. The standard InChI is InChI=1S/C22H22N2O5S/c1-5-8-24-14(3)11-16(15(24)4)17(25)12-29-22(27)20-13(2)10-19(30-20)23-21(26)18-7-6-9-28-18/h5-7,9-11H,1,8,12H2,2-4H3,(H,23,26). The van der Waals surface area contributed by atoms with Crippen LogP contribution in [0.25, 0.3) is 0 Å². The van der Waals surface area contributed by atoms with Crippen LogP contribution in [0.1, 0.15) is 47.5 Å². The Hall–Kier alpha value is -3.39. The summed E-state index contributed by atoms with van der Waals surface area (Å²) in [4.78, 5) is 37.4.